The number of rotatable bonds is 5. The zero-order valence-corrected chi connectivity index (χ0v) is 9.58. The second-order valence-corrected chi connectivity index (χ2v) is 3.98. The number of nitrogens with zero attached hydrogens (tertiary/aromatic N) is 1. The van der Waals surface area contributed by atoms with E-state index in [-0.39, 0.29) is 17.3 Å². The fourth-order valence-corrected chi connectivity index (χ4v) is 1.47. The maximum absolute atomic E-state index is 11.4. The van der Waals surface area contributed by atoms with Crippen LogP contribution in [-0.4, -0.2) is 34.0 Å². The molecule has 0 radical (unpaired) electrons. The molecule has 0 unspecified atom stereocenters. The van der Waals surface area contributed by atoms with Gasteiger partial charge in [-0.25, -0.2) is 9.78 Å². The van der Waals surface area contributed by atoms with E-state index in [9.17, 15) is 9.59 Å². The molecule has 86 valence electrons. The molecular weight excluding hydrogens is 228 g/mol. The van der Waals surface area contributed by atoms with Gasteiger partial charge in [0.05, 0.1) is 5.69 Å². The normalized spacial score (nSPS) is 9.81. The lowest BCUT2D eigenvalue weighted by molar-refractivity contribution is -0.115. The second kappa shape index (κ2) is 6.12. The van der Waals surface area contributed by atoms with Crippen LogP contribution in [0.2, 0.25) is 0 Å². The summed E-state index contributed by atoms with van der Waals surface area (Å²) in [5, 5.41) is 11.4. The molecule has 0 aliphatic carbocycles. The first-order valence-corrected chi connectivity index (χ1v) is 6.01. The highest BCUT2D eigenvalue weighted by Crippen LogP contribution is 2.12. The quantitative estimate of drug-likeness (QED) is 0.814. The van der Waals surface area contributed by atoms with Crippen molar-refractivity contribution < 1.29 is 14.7 Å². The molecule has 1 rings (SSSR count). The highest BCUT2D eigenvalue weighted by atomic mass is 32.2. The predicted molar refractivity (Wildman–Crippen MR) is 62.8 cm³/mol. The molecule has 0 bridgehead atoms. The molecule has 0 fully saturated rings. The van der Waals surface area contributed by atoms with Crippen molar-refractivity contribution in [2.24, 2.45) is 0 Å². The van der Waals surface area contributed by atoms with Crippen molar-refractivity contribution >= 4 is 29.3 Å². The Morgan fingerprint density at radius 3 is 2.94 bits per heavy atom. The van der Waals surface area contributed by atoms with Crippen LogP contribution in [0.1, 0.15) is 16.9 Å². The van der Waals surface area contributed by atoms with Crippen LogP contribution < -0.4 is 5.32 Å². The molecule has 0 spiro atoms. The summed E-state index contributed by atoms with van der Waals surface area (Å²) in [5.41, 5.74) is 0.0982. The lowest BCUT2D eigenvalue weighted by Crippen LogP contribution is -2.15. The molecule has 1 amide bonds. The molecule has 1 heterocycles. The molecule has 1 aromatic rings. The summed E-state index contributed by atoms with van der Waals surface area (Å²) in [6.45, 7) is 0. The van der Waals surface area contributed by atoms with Gasteiger partial charge in [0.25, 0.3) is 0 Å². The zero-order chi connectivity index (χ0) is 12.0. The lowest BCUT2D eigenvalue weighted by Gasteiger charge is -2.06. The minimum Gasteiger partial charge on any atom is -0.476 e. The van der Waals surface area contributed by atoms with Gasteiger partial charge in [-0.15, -0.1) is 0 Å². The van der Waals surface area contributed by atoms with Crippen LogP contribution in [0, 0.1) is 0 Å². The van der Waals surface area contributed by atoms with Gasteiger partial charge >= 0.3 is 5.97 Å². The van der Waals surface area contributed by atoms with Gasteiger partial charge < -0.3 is 10.4 Å². The summed E-state index contributed by atoms with van der Waals surface area (Å²) >= 11 is 1.56. The van der Waals surface area contributed by atoms with Gasteiger partial charge in [-0.1, -0.05) is 0 Å². The van der Waals surface area contributed by atoms with E-state index in [4.69, 9.17) is 5.11 Å². The zero-order valence-electron chi connectivity index (χ0n) is 8.77. The molecule has 5 nitrogen and oxygen atoms in total. The summed E-state index contributed by atoms with van der Waals surface area (Å²) < 4.78 is 0. The summed E-state index contributed by atoms with van der Waals surface area (Å²) in [6.07, 6.45) is 3.64. The Hall–Kier alpha value is -1.56. The number of amides is 1. The number of hydrogen-bond acceptors (Lipinski definition) is 4. The molecule has 0 saturated heterocycles. The monoisotopic (exact) mass is 240 g/mol. The number of thioether (sulfide) groups is 1. The fourth-order valence-electron chi connectivity index (χ4n) is 1.08. The van der Waals surface area contributed by atoms with Gasteiger partial charge in [0.1, 0.15) is 0 Å². The number of aromatic nitrogens is 1. The van der Waals surface area contributed by atoms with E-state index in [0.717, 1.165) is 0 Å². The van der Waals surface area contributed by atoms with Crippen molar-refractivity contribution in [1.82, 2.24) is 4.98 Å². The Kier molecular flexibility index (Phi) is 4.78. The smallest absolute Gasteiger partial charge is 0.356 e. The van der Waals surface area contributed by atoms with E-state index in [1.165, 1.54) is 12.3 Å². The van der Waals surface area contributed by atoms with Crippen LogP contribution >= 0.6 is 11.8 Å². The number of nitrogens with one attached hydrogen (secondary N) is 1. The Morgan fingerprint density at radius 2 is 2.31 bits per heavy atom. The Morgan fingerprint density at radius 1 is 1.56 bits per heavy atom. The highest BCUT2D eigenvalue weighted by molar-refractivity contribution is 7.98. The SMILES string of the molecule is CSCCC(=O)Nc1cccnc1C(=O)O. The van der Waals surface area contributed by atoms with Crippen LogP contribution in [-0.2, 0) is 4.79 Å². The van der Waals surface area contributed by atoms with Crippen molar-refractivity contribution in [2.75, 3.05) is 17.3 Å². The van der Waals surface area contributed by atoms with Crippen molar-refractivity contribution in [3.8, 4) is 0 Å². The maximum Gasteiger partial charge on any atom is 0.356 e. The molecule has 0 aromatic carbocycles. The number of pyridine rings is 1. The first kappa shape index (κ1) is 12.5. The number of aromatic carboxylic acids is 1. The van der Waals surface area contributed by atoms with Crippen LogP contribution in [0.25, 0.3) is 0 Å². The maximum atomic E-state index is 11.4. The second-order valence-electron chi connectivity index (χ2n) is 3.00. The number of carboxylic acid groups (broad SMARTS) is 1. The molecule has 16 heavy (non-hydrogen) atoms. The van der Waals surface area contributed by atoms with E-state index < -0.39 is 5.97 Å². The predicted octanol–water partition coefficient (Wildman–Crippen LogP) is 1.47. The number of hydrogen-bond donors (Lipinski definition) is 2. The molecule has 0 aliphatic rings. The van der Waals surface area contributed by atoms with Crippen LogP contribution in [0.4, 0.5) is 5.69 Å². The fraction of sp³-hybridized carbons (Fsp3) is 0.300. The minimum atomic E-state index is -1.15. The van der Waals surface area contributed by atoms with E-state index in [0.29, 0.717) is 12.2 Å². The third kappa shape index (κ3) is 3.54. The van der Waals surface area contributed by atoms with Crippen molar-refractivity contribution in [1.29, 1.82) is 0 Å². The molecule has 0 saturated carbocycles. The minimum absolute atomic E-state index is 0.139. The largest absolute Gasteiger partial charge is 0.476 e. The van der Waals surface area contributed by atoms with Crippen LogP contribution in [0.3, 0.4) is 0 Å². The van der Waals surface area contributed by atoms with Crippen molar-refractivity contribution in [3.05, 3.63) is 24.0 Å². The highest BCUT2D eigenvalue weighted by Gasteiger charge is 2.12. The van der Waals surface area contributed by atoms with Gasteiger partial charge in [-0.2, -0.15) is 11.8 Å². The topological polar surface area (TPSA) is 79.3 Å². The lowest BCUT2D eigenvalue weighted by atomic mass is 10.3. The molecule has 0 atom stereocenters. The number of carbonyl (C=O) groups excluding carboxylic acids is 1. The third-order valence-electron chi connectivity index (χ3n) is 1.82. The Labute approximate surface area is 97.3 Å². The molecule has 1 aromatic heterocycles. The average molecular weight is 240 g/mol. The summed E-state index contributed by atoms with van der Waals surface area (Å²) in [7, 11) is 0. The van der Waals surface area contributed by atoms with Crippen molar-refractivity contribution in [3.63, 3.8) is 0 Å². The van der Waals surface area contributed by atoms with E-state index >= 15 is 0 Å². The van der Waals surface area contributed by atoms with Gasteiger partial charge in [0.2, 0.25) is 5.91 Å². The summed E-state index contributed by atoms with van der Waals surface area (Å²) in [6, 6.07) is 3.10. The summed E-state index contributed by atoms with van der Waals surface area (Å²) in [4.78, 5) is 25.9. The molecule has 0 aliphatic heterocycles. The van der Waals surface area contributed by atoms with Crippen LogP contribution in [0.15, 0.2) is 18.3 Å². The number of carboxylic acids is 1. The first-order chi connectivity index (χ1) is 7.65. The van der Waals surface area contributed by atoms with Gasteiger partial charge in [0.15, 0.2) is 5.69 Å². The Balaban J connectivity index is 2.73. The van der Waals surface area contributed by atoms with Gasteiger partial charge in [-0.3, -0.25) is 4.79 Å². The number of carbonyl (C=O) groups is 2. The van der Waals surface area contributed by atoms with Gasteiger partial charge in [-0.05, 0) is 18.4 Å². The summed E-state index contributed by atoms with van der Waals surface area (Å²) in [5.74, 6) is -0.653. The number of anilines is 1. The molecule has 6 heteroatoms. The molecular formula is C10H12N2O3S. The standard InChI is InChI=1S/C10H12N2O3S/c1-16-6-4-8(13)12-7-3-2-5-11-9(7)10(14)15/h2-3,5H,4,6H2,1H3,(H,12,13)(H,14,15). The Bertz CT molecular complexity index is 395. The van der Waals surface area contributed by atoms with Crippen molar-refractivity contribution in [2.45, 2.75) is 6.42 Å². The van der Waals surface area contributed by atoms with Gasteiger partial charge in [0, 0.05) is 18.4 Å². The first-order valence-electron chi connectivity index (χ1n) is 4.62. The van der Waals surface area contributed by atoms with Crippen LogP contribution in [0.5, 0.6) is 0 Å². The average Bonchev–Trinajstić information content (AvgIpc) is 2.27. The van der Waals surface area contributed by atoms with E-state index in [2.05, 4.69) is 10.3 Å². The van der Waals surface area contributed by atoms with E-state index in [1.807, 2.05) is 6.26 Å². The third-order valence-corrected chi connectivity index (χ3v) is 2.43. The molecule has 2 N–H and O–H groups in total. The van der Waals surface area contributed by atoms with E-state index in [1.54, 1.807) is 17.8 Å².